The van der Waals surface area contributed by atoms with E-state index < -0.39 is 0 Å². The number of para-hydroxylation sites is 2. The first-order valence-corrected chi connectivity index (χ1v) is 20.1. The second-order valence-electron chi connectivity index (χ2n) is 16.0. The van der Waals surface area contributed by atoms with E-state index in [1.54, 1.807) is 0 Å². The first kappa shape index (κ1) is 33.4. The van der Waals surface area contributed by atoms with Gasteiger partial charge in [0, 0.05) is 38.8 Å². The molecule has 0 bridgehead atoms. The van der Waals surface area contributed by atoms with Gasteiger partial charge >= 0.3 is 0 Å². The number of furan rings is 1. The average Bonchev–Trinajstić information content (AvgIpc) is 3.76. The molecule has 0 saturated carbocycles. The van der Waals surface area contributed by atoms with Gasteiger partial charge in [-0.05, 0) is 116 Å². The van der Waals surface area contributed by atoms with Crippen molar-refractivity contribution in [2.45, 2.75) is 32.1 Å². The maximum atomic E-state index is 6.44. The van der Waals surface area contributed by atoms with Gasteiger partial charge in [-0.1, -0.05) is 159 Å². The van der Waals surface area contributed by atoms with Gasteiger partial charge in [0.2, 0.25) is 0 Å². The van der Waals surface area contributed by atoms with Gasteiger partial charge in [-0.2, -0.15) is 0 Å². The van der Waals surface area contributed by atoms with Crippen LogP contribution in [0.3, 0.4) is 0 Å². The highest BCUT2D eigenvalue weighted by molar-refractivity contribution is 6.09. The molecule has 2 aliphatic carbocycles. The van der Waals surface area contributed by atoms with Crippen LogP contribution >= 0.6 is 0 Å². The van der Waals surface area contributed by atoms with Crippen molar-refractivity contribution < 1.29 is 4.42 Å². The lowest BCUT2D eigenvalue weighted by atomic mass is 9.82. The average molecular weight is 732 g/mol. The van der Waals surface area contributed by atoms with Crippen LogP contribution in [0.5, 0.6) is 0 Å². The molecule has 11 rings (SSSR count). The highest BCUT2D eigenvalue weighted by atomic mass is 16.3. The smallest absolute Gasteiger partial charge is 0.143 e. The topological polar surface area (TPSA) is 16.4 Å². The molecule has 1 aromatic heterocycles. The molecule has 0 unspecified atom stereocenters. The van der Waals surface area contributed by atoms with Crippen molar-refractivity contribution in [2.24, 2.45) is 0 Å². The van der Waals surface area contributed by atoms with Crippen LogP contribution in [0.4, 0.5) is 17.1 Å². The molecule has 0 aliphatic heterocycles. The number of benzene rings is 8. The SMILES string of the molecule is CC1(C)c2cc(N(c3ccc(C4=CC(c5ccccc5)=CCC4)cc3)c3ccc(-c4cccc5c4oc4ccccc45)cc3)ccc2-c2c1ccc1ccccc21. The monoisotopic (exact) mass is 731 g/mol. The number of fused-ring (bicyclic) bond motifs is 8. The fourth-order valence-corrected chi connectivity index (χ4v) is 9.43. The fourth-order valence-electron chi connectivity index (χ4n) is 9.43. The Balaban J connectivity index is 1.02. The molecule has 2 heteroatoms. The van der Waals surface area contributed by atoms with Crippen LogP contribution in [-0.4, -0.2) is 0 Å². The molecule has 2 nitrogen and oxygen atoms in total. The second-order valence-corrected chi connectivity index (χ2v) is 16.0. The molecule has 2 aliphatic rings. The van der Waals surface area contributed by atoms with Gasteiger partial charge in [-0.25, -0.2) is 0 Å². The van der Waals surface area contributed by atoms with E-state index in [4.69, 9.17) is 4.42 Å². The van der Waals surface area contributed by atoms with Crippen LogP contribution in [0.2, 0.25) is 0 Å². The van der Waals surface area contributed by atoms with Crippen molar-refractivity contribution in [3.05, 3.63) is 210 Å². The highest BCUT2D eigenvalue weighted by Gasteiger charge is 2.37. The summed E-state index contributed by atoms with van der Waals surface area (Å²) >= 11 is 0. The Bertz CT molecular complexity index is 3070. The van der Waals surface area contributed by atoms with Crippen LogP contribution in [0, 0.1) is 0 Å². The van der Waals surface area contributed by atoms with Crippen molar-refractivity contribution in [1.29, 1.82) is 0 Å². The molecule has 0 saturated heterocycles. The summed E-state index contributed by atoms with van der Waals surface area (Å²) in [5.41, 5.74) is 17.9. The Morgan fingerprint density at radius 1 is 0.509 bits per heavy atom. The van der Waals surface area contributed by atoms with Crippen LogP contribution in [-0.2, 0) is 5.41 Å². The zero-order valence-corrected chi connectivity index (χ0v) is 32.2. The molecule has 9 aromatic rings. The summed E-state index contributed by atoms with van der Waals surface area (Å²) in [5.74, 6) is 0. The maximum Gasteiger partial charge on any atom is 0.143 e. The molecular weight excluding hydrogens is 691 g/mol. The molecule has 0 amide bonds. The first-order chi connectivity index (χ1) is 28.0. The molecule has 8 aromatic carbocycles. The number of hydrogen-bond donors (Lipinski definition) is 0. The van der Waals surface area contributed by atoms with E-state index in [1.165, 1.54) is 55.3 Å². The van der Waals surface area contributed by atoms with Crippen molar-refractivity contribution >= 4 is 60.9 Å². The highest BCUT2D eigenvalue weighted by Crippen LogP contribution is 2.53. The third kappa shape index (κ3) is 5.47. The molecular formula is C55H41NO. The zero-order valence-electron chi connectivity index (χ0n) is 32.2. The summed E-state index contributed by atoms with van der Waals surface area (Å²) < 4.78 is 6.44. The van der Waals surface area contributed by atoms with Crippen molar-refractivity contribution in [1.82, 2.24) is 0 Å². The van der Waals surface area contributed by atoms with E-state index in [0.29, 0.717) is 0 Å². The van der Waals surface area contributed by atoms with Crippen LogP contribution < -0.4 is 4.90 Å². The Hall–Kier alpha value is -6.90. The predicted octanol–water partition coefficient (Wildman–Crippen LogP) is 15.4. The van der Waals surface area contributed by atoms with E-state index in [-0.39, 0.29) is 5.41 Å². The molecule has 57 heavy (non-hydrogen) atoms. The van der Waals surface area contributed by atoms with E-state index in [9.17, 15) is 0 Å². The number of nitrogens with zero attached hydrogens (tertiary/aromatic N) is 1. The van der Waals surface area contributed by atoms with E-state index in [2.05, 4.69) is 195 Å². The van der Waals surface area contributed by atoms with Gasteiger partial charge < -0.3 is 9.32 Å². The quantitative estimate of drug-likeness (QED) is 0.169. The van der Waals surface area contributed by atoms with E-state index in [0.717, 1.165) is 63.0 Å². The molecule has 0 atom stereocenters. The first-order valence-electron chi connectivity index (χ1n) is 20.1. The standard InChI is InChI=1S/C55H41NO/c1-55(2)50-33-26-38-14-6-7-17-45(38)53(50)49-32-31-44(35-51(49)55)56(42-27-22-37(23-28-42)41-16-10-15-40(34-41)36-12-4-3-5-13-36)43-29-24-39(25-30-43)46-19-11-20-48-47-18-8-9-21-52(47)57-54(46)48/h3-9,11-15,17-35H,10,16H2,1-2H3. The maximum absolute atomic E-state index is 6.44. The third-order valence-corrected chi connectivity index (χ3v) is 12.4. The van der Waals surface area contributed by atoms with Gasteiger partial charge in [0.1, 0.15) is 11.2 Å². The molecule has 0 N–H and O–H groups in total. The summed E-state index contributed by atoms with van der Waals surface area (Å²) in [6, 6.07) is 64.2. The third-order valence-electron chi connectivity index (χ3n) is 12.4. The largest absolute Gasteiger partial charge is 0.455 e. The molecule has 0 spiro atoms. The van der Waals surface area contributed by atoms with Crippen LogP contribution in [0.1, 0.15) is 48.9 Å². The summed E-state index contributed by atoms with van der Waals surface area (Å²) in [5, 5.41) is 4.89. The van der Waals surface area contributed by atoms with Gasteiger partial charge in [0.05, 0.1) is 0 Å². The summed E-state index contributed by atoms with van der Waals surface area (Å²) in [4.78, 5) is 2.41. The van der Waals surface area contributed by atoms with Gasteiger partial charge in [0.15, 0.2) is 0 Å². The minimum absolute atomic E-state index is 0.146. The summed E-state index contributed by atoms with van der Waals surface area (Å²) in [6.07, 6.45) is 6.81. The van der Waals surface area contributed by atoms with E-state index >= 15 is 0 Å². The van der Waals surface area contributed by atoms with Gasteiger partial charge in [-0.15, -0.1) is 0 Å². The normalized spacial score (nSPS) is 14.4. The Kier molecular flexibility index (Phi) is 7.69. The fraction of sp³-hybridized carbons (Fsp3) is 0.0909. The second kappa shape index (κ2) is 13.1. The van der Waals surface area contributed by atoms with Gasteiger partial charge in [0.25, 0.3) is 0 Å². The predicted molar refractivity (Wildman–Crippen MR) is 241 cm³/mol. The Labute approximate surface area is 333 Å². The van der Waals surface area contributed by atoms with Crippen molar-refractivity contribution in [2.75, 3.05) is 4.90 Å². The van der Waals surface area contributed by atoms with Crippen molar-refractivity contribution in [3.8, 4) is 22.3 Å². The number of hydrogen-bond acceptors (Lipinski definition) is 2. The minimum Gasteiger partial charge on any atom is -0.455 e. The molecule has 0 fully saturated rings. The molecule has 0 radical (unpaired) electrons. The zero-order chi connectivity index (χ0) is 38.1. The van der Waals surface area contributed by atoms with Crippen molar-refractivity contribution in [3.63, 3.8) is 0 Å². The number of rotatable bonds is 6. The summed E-state index contributed by atoms with van der Waals surface area (Å²) in [6.45, 7) is 4.75. The van der Waals surface area contributed by atoms with E-state index in [1.807, 2.05) is 12.1 Å². The lowest BCUT2D eigenvalue weighted by Gasteiger charge is -2.28. The molecule has 1 heterocycles. The van der Waals surface area contributed by atoms with Crippen LogP contribution in [0.25, 0.3) is 66.1 Å². The lowest BCUT2D eigenvalue weighted by molar-refractivity contribution is 0.661. The Morgan fingerprint density at radius 2 is 1.19 bits per heavy atom. The van der Waals surface area contributed by atoms with Crippen LogP contribution in [0.15, 0.2) is 192 Å². The Morgan fingerprint density at radius 3 is 2.00 bits per heavy atom. The molecule has 272 valence electrons. The lowest BCUT2D eigenvalue weighted by Crippen LogP contribution is -2.16. The number of anilines is 3. The summed E-state index contributed by atoms with van der Waals surface area (Å²) in [7, 11) is 0. The minimum atomic E-state index is -0.146. The van der Waals surface area contributed by atoms with Gasteiger partial charge in [-0.3, -0.25) is 0 Å². The number of allylic oxidation sites excluding steroid dienone is 4.